The summed E-state index contributed by atoms with van der Waals surface area (Å²) in [6.45, 7) is 4.28. The summed E-state index contributed by atoms with van der Waals surface area (Å²) in [5.41, 5.74) is 0.416. The molecule has 1 N–H and O–H groups in total. The van der Waals surface area contributed by atoms with E-state index in [-0.39, 0.29) is 0 Å². The standard InChI is InChI=1S/C13H15FN2O2/c1-3-16-8-11(7-15-16)18-13-5-4-10(14)6-12(13)9(2)17/h4-9,17H,3H2,1-2H3/t9-/m1/s1. The van der Waals surface area contributed by atoms with Crippen molar-refractivity contribution in [2.75, 3.05) is 0 Å². The number of aliphatic hydroxyl groups excluding tert-OH is 1. The van der Waals surface area contributed by atoms with Gasteiger partial charge in [-0.1, -0.05) is 0 Å². The molecule has 0 aliphatic rings. The zero-order valence-electron chi connectivity index (χ0n) is 10.3. The number of aliphatic hydroxyl groups is 1. The number of rotatable bonds is 4. The molecule has 0 saturated carbocycles. The molecule has 96 valence electrons. The van der Waals surface area contributed by atoms with Crippen molar-refractivity contribution in [1.29, 1.82) is 0 Å². The highest BCUT2D eigenvalue weighted by Crippen LogP contribution is 2.30. The number of hydrogen-bond acceptors (Lipinski definition) is 3. The number of aryl methyl sites for hydroxylation is 1. The Morgan fingerprint density at radius 1 is 1.50 bits per heavy atom. The maximum absolute atomic E-state index is 13.1. The van der Waals surface area contributed by atoms with E-state index in [4.69, 9.17) is 4.74 Å². The molecular formula is C13H15FN2O2. The molecule has 1 heterocycles. The van der Waals surface area contributed by atoms with Gasteiger partial charge < -0.3 is 9.84 Å². The lowest BCUT2D eigenvalue weighted by Gasteiger charge is -2.11. The van der Waals surface area contributed by atoms with Gasteiger partial charge in [-0.05, 0) is 32.0 Å². The smallest absolute Gasteiger partial charge is 0.165 e. The lowest BCUT2D eigenvalue weighted by molar-refractivity contribution is 0.195. The van der Waals surface area contributed by atoms with E-state index in [1.165, 1.54) is 18.2 Å². The van der Waals surface area contributed by atoms with Crippen molar-refractivity contribution in [3.63, 3.8) is 0 Å². The second-order valence-corrected chi connectivity index (χ2v) is 3.99. The largest absolute Gasteiger partial charge is 0.454 e. The van der Waals surface area contributed by atoms with E-state index in [1.807, 2.05) is 6.92 Å². The van der Waals surface area contributed by atoms with Crippen LogP contribution in [0.1, 0.15) is 25.5 Å². The Bertz CT molecular complexity index is 538. The first-order chi connectivity index (χ1) is 8.60. The topological polar surface area (TPSA) is 47.3 Å². The van der Waals surface area contributed by atoms with E-state index < -0.39 is 11.9 Å². The molecule has 5 heteroatoms. The predicted molar refractivity (Wildman–Crippen MR) is 65.0 cm³/mol. The zero-order chi connectivity index (χ0) is 13.1. The van der Waals surface area contributed by atoms with Gasteiger partial charge in [0.1, 0.15) is 11.6 Å². The molecule has 0 spiro atoms. The molecule has 2 aromatic rings. The Labute approximate surface area is 105 Å². The van der Waals surface area contributed by atoms with Gasteiger partial charge in [0.25, 0.3) is 0 Å². The maximum Gasteiger partial charge on any atom is 0.165 e. The zero-order valence-corrected chi connectivity index (χ0v) is 10.3. The lowest BCUT2D eigenvalue weighted by Crippen LogP contribution is -1.97. The molecule has 0 saturated heterocycles. The molecule has 18 heavy (non-hydrogen) atoms. The minimum atomic E-state index is -0.795. The Morgan fingerprint density at radius 2 is 2.28 bits per heavy atom. The van der Waals surface area contributed by atoms with Gasteiger partial charge in [-0.25, -0.2) is 4.39 Å². The first-order valence-electron chi connectivity index (χ1n) is 5.78. The normalized spacial score (nSPS) is 12.4. The summed E-state index contributed by atoms with van der Waals surface area (Å²) in [6.07, 6.45) is 2.53. The van der Waals surface area contributed by atoms with Crippen LogP contribution in [0.4, 0.5) is 4.39 Å². The molecule has 2 rings (SSSR count). The fourth-order valence-corrected chi connectivity index (χ4v) is 1.64. The summed E-state index contributed by atoms with van der Waals surface area (Å²) in [5, 5.41) is 13.7. The van der Waals surface area contributed by atoms with E-state index in [9.17, 15) is 9.50 Å². The molecule has 0 radical (unpaired) electrons. The van der Waals surface area contributed by atoms with Gasteiger partial charge in [0.15, 0.2) is 5.75 Å². The van der Waals surface area contributed by atoms with Gasteiger partial charge in [0, 0.05) is 12.1 Å². The van der Waals surface area contributed by atoms with Crippen LogP contribution >= 0.6 is 0 Å². The predicted octanol–water partition coefficient (Wildman–Crippen LogP) is 2.89. The van der Waals surface area contributed by atoms with Crippen molar-refractivity contribution < 1.29 is 14.2 Å². The summed E-state index contributed by atoms with van der Waals surface area (Å²) in [7, 11) is 0. The minimum Gasteiger partial charge on any atom is -0.454 e. The third-order valence-electron chi connectivity index (χ3n) is 2.58. The average Bonchev–Trinajstić information content (AvgIpc) is 2.79. The first kappa shape index (κ1) is 12.6. The monoisotopic (exact) mass is 250 g/mol. The van der Waals surface area contributed by atoms with Crippen LogP contribution in [0.25, 0.3) is 0 Å². The van der Waals surface area contributed by atoms with Gasteiger partial charge in [0.2, 0.25) is 0 Å². The third-order valence-corrected chi connectivity index (χ3v) is 2.58. The van der Waals surface area contributed by atoms with Crippen LogP contribution in [-0.4, -0.2) is 14.9 Å². The molecule has 0 bridgehead atoms. The second-order valence-electron chi connectivity index (χ2n) is 3.99. The van der Waals surface area contributed by atoms with Crippen LogP contribution in [0.15, 0.2) is 30.6 Å². The number of aromatic nitrogens is 2. The molecule has 0 fully saturated rings. The highest BCUT2D eigenvalue weighted by Gasteiger charge is 2.12. The molecule has 1 atom stereocenters. The van der Waals surface area contributed by atoms with E-state index in [2.05, 4.69) is 5.10 Å². The van der Waals surface area contributed by atoms with E-state index in [1.54, 1.807) is 24.0 Å². The number of ether oxygens (including phenoxy) is 1. The number of halogens is 1. The fraction of sp³-hybridized carbons (Fsp3) is 0.308. The van der Waals surface area contributed by atoms with Crippen molar-refractivity contribution in [3.8, 4) is 11.5 Å². The van der Waals surface area contributed by atoms with Crippen LogP contribution in [0, 0.1) is 5.82 Å². The average molecular weight is 250 g/mol. The van der Waals surface area contributed by atoms with Gasteiger partial charge >= 0.3 is 0 Å². The molecule has 0 aliphatic heterocycles. The quantitative estimate of drug-likeness (QED) is 0.907. The highest BCUT2D eigenvalue weighted by molar-refractivity contribution is 5.38. The van der Waals surface area contributed by atoms with Gasteiger partial charge in [-0.2, -0.15) is 5.10 Å². The van der Waals surface area contributed by atoms with Crippen LogP contribution in [0.2, 0.25) is 0 Å². The Balaban J connectivity index is 2.28. The van der Waals surface area contributed by atoms with Gasteiger partial charge in [-0.3, -0.25) is 4.68 Å². The van der Waals surface area contributed by atoms with E-state index >= 15 is 0 Å². The van der Waals surface area contributed by atoms with Crippen molar-refractivity contribution in [1.82, 2.24) is 9.78 Å². The molecule has 0 aliphatic carbocycles. The van der Waals surface area contributed by atoms with Gasteiger partial charge in [0.05, 0.1) is 18.5 Å². The summed E-state index contributed by atoms with van der Waals surface area (Å²) >= 11 is 0. The summed E-state index contributed by atoms with van der Waals surface area (Å²) < 4.78 is 20.4. The molecular weight excluding hydrogens is 235 g/mol. The third kappa shape index (κ3) is 2.68. The summed E-state index contributed by atoms with van der Waals surface area (Å²) in [5.74, 6) is 0.593. The van der Waals surface area contributed by atoms with Crippen LogP contribution in [-0.2, 0) is 6.54 Å². The molecule has 0 amide bonds. The number of nitrogens with zero attached hydrogens (tertiary/aromatic N) is 2. The van der Waals surface area contributed by atoms with E-state index in [0.29, 0.717) is 17.1 Å². The fourth-order valence-electron chi connectivity index (χ4n) is 1.64. The van der Waals surface area contributed by atoms with Crippen molar-refractivity contribution in [2.45, 2.75) is 26.5 Å². The second kappa shape index (κ2) is 5.18. The van der Waals surface area contributed by atoms with Crippen molar-refractivity contribution >= 4 is 0 Å². The summed E-state index contributed by atoms with van der Waals surface area (Å²) in [6, 6.07) is 4.07. The summed E-state index contributed by atoms with van der Waals surface area (Å²) in [4.78, 5) is 0. The first-order valence-corrected chi connectivity index (χ1v) is 5.78. The minimum absolute atomic E-state index is 0.400. The molecule has 1 aromatic carbocycles. The van der Waals surface area contributed by atoms with Gasteiger partial charge in [-0.15, -0.1) is 0 Å². The Kier molecular flexibility index (Phi) is 3.62. The van der Waals surface area contributed by atoms with Crippen LogP contribution < -0.4 is 4.74 Å². The number of benzene rings is 1. The van der Waals surface area contributed by atoms with Crippen molar-refractivity contribution in [2.24, 2.45) is 0 Å². The Hall–Kier alpha value is -1.88. The molecule has 1 aromatic heterocycles. The lowest BCUT2D eigenvalue weighted by atomic mass is 10.1. The maximum atomic E-state index is 13.1. The van der Waals surface area contributed by atoms with Crippen LogP contribution in [0.5, 0.6) is 11.5 Å². The Morgan fingerprint density at radius 3 is 2.89 bits per heavy atom. The molecule has 4 nitrogen and oxygen atoms in total. The van der Waals surface area contributed by atoms with E-state index in [0.717, 1.165) is 6.54 Å². The number of hydrogen-bond donors (Lipinski definition) is 1. The highest BCUT2D eigenvalue weighted by atomic mass is 19.1. The van der Waals surface area contributed by atoms with Crippen LogP contribution in [0.3, 0.4) is 0 Å². The molecule has 0 unspecified atom stereocenters. The van der Waals surface area contributed by atoms with Crippen molar-refractivity contribution in [3.05, 3.63) is 42.0 Å². The SMILES string of the molecule is CCn1cc(Oc2ccc(F)cc2[C@@H](C)O)cn1.